The van der Waals surface area contributed by atoms with Gasteiger partial charge in [-0.1, -0.05) is 11.6 Å². The van der Waals surface area contributed by atoms with Crippen molar-refractivity contribution in [3.8, 4) is 0 Å². The van der Waals surface area contributed by atoms with Crippen molar-refractivity contribution in [2.24, 2.45) is 0 Å². The van der Waals surface area contributed by atoms with Crippen LogP contribution in [0, 0.1) is 6.92 Å². The number of nitrogens with zero attached hydrogens (tertiary/aromatic N) is 2. The number of aromatic nitrogens is 1. The van der Waals surface area contributed by atoms with Gasteiger partial charge in [-0.15, -0.1) is 11.3 Å². The van der Waals surface area contributed by atoms with E-state index in [4.69, 9.17) is 16.3 Å². The van der Waals surface area contributed by atoms with Gasteiger partial charge in [0.15, 0.2) is 4.47 Å². The van der Waals surface area contributed by atoms with Crippen LogP contribution >= 0.6 is 22.9 Å². The molecule has 21 heavy (non-hydrogen) atoms. The van der Waals surface area contributed by atoms with Crippen LogP contribution in [-0.2, 0) is 11.3 Å². The van der Waals surface area contributed by atoms with E-state index in [1.165, 1.54) is 22.6 Å². The Morgan fingerprint density at radius 1 is 1.38 bits per heavy atom. The molecule has 0 saturated carbocycles. The highest BCUT2D eigenvalue weighted by molar-refractivity contribution is 7.15. The molecule has 0 radical (unpaired) electrons. The van der Waals surface area contributed by atoms with Gasteiger partial charge in [0.2, 0.25) is 0 Å². The Balaban J connectivity index is 1.65. The van der Waals surface area contributed by atoms with Gasteiger partial charge in [0.25, 0.3) is 0 Å². The molecule has 1 saturated heterocycles. The van der Waals surface area contributed by atoms with Crippen molar-refractivity contribution in [1.82, 2.24) is 4.98 Å². The quantitative estimate of drug-likeness (QED) is 0.933. The van der Waals surface area contributed by atoms with Crippen LogP contribution in [0.4, 0.5) is 11.4 Å². The van der Waals surface area contributed by atoms with Crippen LogP contribution in [0.5, 0.6) is 0 Å². The van der Waals surface area contributed by atoms with E-state index in [-0.39, 0.29) is 0 Å². The molecule has 4 nitrogen and oxygen atoms in total. The summed E-state index contributed by atoms with van der Waals surface area (Å²) >= 11 is 7.34. The zero-order valence-corrected chi connectivity index (χ0v) is 13.5. The third-order valence-electron chi connectivity index (χ3n) is 3.54. The summed E-state index contributed by atoms with van der Waals surface area (Å²) < 4.78 is 5.99. The van der Waals surface area contributed by atoms with Crippen molar-refractivity contribution in [2.75, 3.05) is 36.5 Å². The lowest BCUT2D eigenvalue weighted by molar-refractivity contribution is 0.122. The second-order valence-corrected chi connectivity index (χ2v) is 6.73. The predicted molar refractivity (Wildman–Crippen MR) is 88.7 cm³/mol. The monoisotopic (exact) mass is 323 g/mol. The fraction of sp³-hybridized carbons (Fsp3) is 0.400. The van der Waals surface area contributed by atoms with Crippen LogP contribution in [0.1, 0.15) is 10.4 Å². The molecule has 112 valence electrons. The van der Waals surface area contributed by atoms with Crippen molar-refractivity contribution in [3.63, 3.8) is 0 Å². The first kappa shape index (κ1) is 14.6. The maximum atomic E-state index is 5.84. The molecule has 2 aromatic rings. The summed E-state index contributed by atoms with van der Waals surface area (Å²) in [5, 5.41) is 3.41. The van der Waals surface area contributed by atoms with Gasteiger partial charge in [-0.25, -0.2) is 4.98 Å². The molecule has 0 atom stereocenters. The van der Waals surface area contributed by atoms with Gasteiger partial charge in [-0.2, -0.15) is 0 Å². The third-order valence-corrected chi connectivity index (χ3v) is 4.66. The zero-order valence-electron chi connectivity index (χ0n) is 11.9. The lowest BCUT2D eigenvalue weighted by Gasteiger charge is -2.30. The van der Waals surface area contributed by atoms with Gasteiger partial charge in [-0.3, -0.25) is 0 Å². The molecule has 0 bridgehead atoms. The molecular formula is C15H18ClN3OS. The summed E-state index contributed by atoms with van der Waals surface area (Å²) in [6, 6.07) is 6.50. The van der Waals surface area contributed by atoms with E-state index in [1.807, 2.05) is 6.20 Å². The van der Waals surface area contributed by atoms with Crippen molar-refractivity contribution in [3.05, 3.63) is 39.3 Å². The summed E-state index contributed by atoms with van der Waals surface area (Å²) in [6.07, 6.45) is 1.81. The van der Waals surface area contributed by atoms with E-state index in [1.54, 1.807) is 0 Å². The highest BCUT2D eigenvalue weighted by Crippen LogP contribution is 2.25. The van der Waals surface area contributed by atoms with E-state index in [9.17, 15) is 0 Å². The number of benzene rings is 1. The standard InChI is InChI=1S/C15H18ClN3OS/c1-11-8-12(17-9-13-10-18-15(16)21-13)2-3-14(11)19-4-6-20-7-5-19/h2-3,8,10,17H,4-7,9H2,1H3. The van der Waals surface area contributed by atoms with Gasteiger partial charge in [0.1, 0.15) is 0 Å². The summed E-state index contributed by atoms with van der Waals surface area (Å²) in [7, 11) is 0. The van der Waals surface area contributed by atoms with Gasteiger partial charge in [-0.05, 0) is 30.7 Å². The minimum absolute atomic E-state index is 0.589. The Bertz CT molecular complexity index is 611. The van der Waals surface area contributed by atoms with Crippen molar-refractivity contribution >= 4 is 34.3 Å². The van der Waals surface area contributed by atoms with Crippen LogP contribution in [0.25, 0.3) is 0 Å². The van der Waals surface area contributed by atoms with Crippen LogP contribution in [0.3, 0.4) is 0 Å². The van der Waals surface area contributed by atoms with E-state index >= 15 is 0 Å². The molecule has 0 unspecified atom stereocenters. The van der Waals surface area contributed by atoms with E-state index in [2.05, 4.69) is 40.3 Å². The number of rotatable bonds is 4. The normalized spacial score (nSPS) is 15.2. The molecule has 2 heterocycles. The Morgan fingerprint density at radius 3 is 2.86 bits per heavy atom. The fourth-order valence-corrected chi connectivity index (χ4v) is 3.40. The smallest absolute Gasteiger partial charge is 0.183 e. The van der Waals surface area contributed by atoms with Crippen LogP contribution in [0.15, 0.2) is 24.4 Å². The number of morpholine rings is 1. The van der Waals surface area contributed by atoms with Crippen molar-refractivity contribution in [2.45, 2.75) is 13.5 Å². The predicted octanol–water partition coefficient (Wildman–Crippen LogP) is 3.55. The summed E-state index contributed by atoms with van der Waals surface area (Å²) in [5.74, 6) is 0. The Morgan fingerprint density at radius 2 is 2.19 bits per heavy atom. The lowest BCUT2D eigenvalue weighted by atomic mass is 10.1. The summed E-state index contributed by atoms with van der Waals surface area (Å²) in [5.41, 5.74) is 3.70. The maximum absolute atomic E-state index is 5.84. The first-order valence-corrected chi connectivity index (χ1v) is 8.19. The number of halogens is 1. The molecule has 0 aliphatic carbocycles. The number of thiazole rings is 1. The number of nitrogens with one attached hydrogen (secondary N) is 1. The molecule has 1 aliphatic heterocycles. The number of anilines is 2. The Kier molecular flexibility index (Phi) is 4.63. The first-order valence-electron chi connectivity index (χ1n) is 7.00. The summed E-state index contributed by atoms with van der Waals surface area (Å²) in [4.78, 5) is 7.56. The zero-order chi connectivity index (χ0) is 14.7. The van der Waals surface area contributed by atoms with E-state index in [0.717, 1.165) is 43.4 Å². The second kappa shape index (κ2) is 6.64. The molecule has 1 N–H and O–H groups in total. The second-order valence-electron chi connectivity index (χ2n) is 5.03. The molecule has 1 aromatic carbocycles. The number of aryl methyl sites for hydroxylation is 1. The van der Waals surface area contributed by atoms with Crippen LogP contribution in [0.2, 0.25) is 4.47 Å². The molecule has 1 aliphatic rings. The van der Waals surface area contributed by atoms with Crippen LogP contribution in [-0.4, -0.2) is 31.3 Å². The van der Waals surface area contributed by atoms with Gasteiger partial charge >= 0.3 is 0 Å². The maximum Gasteiger partial charge on any atom is 0.183 e. The fourth-order valence-electron chi connectivity index (χ4n) is 2.48. The van der Waals surface area contributed by atoms with E-state index in [0.29, 0.717) is 4.47 Å². The molecule has 0 amide bonds. The highest BCUT2D eigenvalue weighted by atomic mass is 35.5. The number of ether oxygens (including phenoxy) is 1. The Hall–Kier alpha value is -1.30. The molecule has 1 aromatic heterocycles. The topological polar surface area (TPSA) is 37.4 Å². The summed E-state index contributed by atoms with van der Waals surface area (Å²) in [6.45, 7) is 6.46. The van der Waals surface area contributed by atoms with Crippen LogP contribution < -0.4 is 10.2 Å². The number of hydrogen-bond acceptors (Lipinski definition) is 5. The molecule has 1 fully saturated rings. The third kappa shape index (κ3) is 3.67. The minimum atomic E-state index is 0.589. The molecule has 3 rings (SSSR count). The van der Waals surface area contributed by atoms with Crippen molar-refractivity contribution in [1.29, 1.82) is 0 Å². The lowest BCUT2D eigenvalue weighted by Crippen LogP contribution is -2.36. The average Bonchev–Trinajstić information content (AvgIpc) is 2.92. The first-order chi connectivity index (χ1) is 10.2. The minimum Gasteiger partial charge on any atom is -0.380 e. The Labute approximate surface area is 133 Å². The van der Waals surface area contributed by atoms with E-state index < -0.39 is 0 Å². The molecular weight excluding hydrogens is 306 g/mol. The average molecular weight is 324 g/mol. The van der Waals surface area contributed by atoms with Crippen molar-refractivity contribution < 1.29 is 4.74 Å². The SMILES string of the molecule is Cc1cc(NCc2cnc(Cl)s2)ccc1N1CCOCC1. The molecule has 6 heteroatoms. The van der Waals surface area contributed by atoms with Gasteiger partial charge < -0.3 is 15.0 Å². The molecule has 0 spiro atoms. The van der Waals surface area contributed by atoms with Gasteiger partial charge in [0, 0.05) is 35.5 Å². The largest absolute Gasteiger partial charge is 0.380 e. The number of hydrogen-bond donors (Lipinski definition) is 1. The van der Waals surface area contributed by atoms with Gasteiger partial charge in [0.05, 0.1) is 19.8 Å². The highest BCUT2D eigenvalue weighted by Gasteiger charge is 2.13.